The lowest BCUT2D eigenvalue weighted by Crippen LogP contribution is -2.38. The molecule has 0 saturated carbocycles. The first-order chi connectivity index (χ1) is 14.8. The molecule has 160 valence electrons. The number of sulfone groups is 1. The number of carbonyl (C=O) groups excluding carboxylic acids is 1. The summed E-state index contributed by atoms with van der Waals surface area (Å²) in [6.07, 6.45) is 2.68. The normalized spacial score (nSPS) is 13.5. The first kappa shape index (κ1) is 21.4. The van der Waals surface area contributed by atoms with Gasteiger partial charge in [-0.25, -0.2) is 8.42 Å². The molecule has 5 nitrogen and oxygen atoms in total. The number of rotatable bonds is 5. The van der Waals surface area contributed by atoms with Gasteiger partial charge in [-0.15, -0.1) is 0 Å². The largest absolute Gasteiger partial charge is 0.482 e. The Bertz CT molecular complexity index is 1230. The second kappa shape index (κ2) is 8.73. The van der Waals surface area contributed by atoms with Gasteiger partial charge in [0.05, 0.1) is 9.92 Å². The van der Waals surface area contributed by atoms with E-state index in [0.29, 0.717) is 17.3 Å². The minimum atomic E-state index is -3.29. The third-order valence-electron chi connectivity index (χ3n) is 5.29. The van der Waals surface area contributed by atoms with Crippen molar-refractivity contribution in [2.45, 2.75) is 17.7 Å². The summed E-state index contributed by atoms with van der Waals surface area (Å²) in [6, 6.07) is 20.3. The first-order valence-corrected chi connectivity index (χ1v) is 12.2. The van der Waals surface area contributed by atoms with E-state index in [1.54, 1.807) is 29.2 Å². The predicted molar refractivity (Wildman–Crippen MR) is 123 cm³/mol. The lowest BCUT2D eigenvalue weighted by Gasteiger charge is -2.29. The molecule has 0 atom stereocenters. The fourth-order valence-electron chi connectivity index (χ4n) is 3.71. The van der Waals surface area contributed by atoms with Gasteiger partial charge in [-0.1, -0.05) is 48.0 Å². The fraction of sp³-hybridized carbons (Fsp3) is 0.208. The third-order valence-corrected chi connectivity index (χ3v) is 6.69. The van der Waals surface area contributed by atoms with Crippen molar-refractivity contribution < 1.29 is 17.9 Å². The second-order valence-electron chi connectivity index (χ2n) is 7.51. The minimum Gasteiger partial charge on any atom is -0.482 e. The van der Waals surface area contributed by atoms with Crippen molar-refractivity contribution in [1.82, 2.24) is 0 Å². The summed E-state index contributed by atoms with van der Waals surface area (Å²) in [7, 11) is -3.29. The van der Waals surface area contributed by atoms with Gasteiger partial charge in [-0.3, -0.25) is 4.79 Å². The van der Waals surface area contributed by atoms with Gasteiger partial charge in [0.2, 0.25) is 0 Å². The van der Waals surface area contributed by atoms with Crippen molar-refractivity contribution in [3.8, 4) is 16.9 Å². The van der Waals surface area contributed by atoms with Crippen molar-refractivity contribution in [1.29, 1.82) is 0 Å². The zero-order valence-corrected chi connectivity index (χ0v) is 18.6. The van der Waals surface area contributed by atoms with Crippen molar-refractivity contribution >= 4 is 33.0 Å². The lowest BCUT2D eigenvalue weighted by molar-refractivity contribution is -0.120. The molecule has 0 saturated heterocycles. The SMILES string of the molecule is CS(=O)(=O)c1ccc2c(c1)CCCN2C(=O)COc1ccc(-c2ccccc2)cc1Cl. The molecule has 3 aromatic carbocycles. The van der Waals surface area contributed by atoms with E-state index in [1.807, 2.05) is 42.5 Å². The van der Waals surface area contributed by atoms with Gasteiger partial charge in [0.25, 0.3) is 5.91 Å². The molecule has 1 aliphatic heterocycles. The van der Waals surface area contributed by atoms with Crippen LogP contribution in [0.3, 0.4) is 0 Å². The van der Waals surface area contributed by atoms with Crippen LogP contribution in [0.15, 0.2) is 71.6 Å². The van der Waals surface area contributed by atoms with E-state index in [1.165, 1.54) is 6.26 Å². The third kappa shape index (κ3) is 4.75. The Kier molecular flexibility index (Phi) is 6.03. The van der Waals surface area contributed by atoms with Gasteiger partial charge in [-0.2, -0.15) is 0 Å². The fourth-order valence-corrected chi connectivity index (χ4v) is 4.62. The molecule has 0 radical (unpaired) electrons. The zero-order valence-electron chi connectivity index (χ0n) is 17.0. The number of benzene rings is 3. The molecule has 31 heavy (non-hydrogen) atoms. The van der Waals surface area contributed by atoms with Crippen LogP contribution in [-0.4, -0.2) is 33.7 Å². The number of carbonyl (C=O) groups is 1. The van der Waals surface area contributed by atoms with Gasteiger partial charge < -0.3 is 9.64 Å². The Labute approximate surface area is 187 Å². The van der Waals surface area contributed by atoms with Gasteiger partial charge in [0, 0.05) is 18.5 Å². The standard InChI is InChI=1S/C24H22ClNO4S/c1-31(28,29)20-10-11-22-19(14-20)8-5-13-26(22)24(27)16-30-23-12-9-18(15-21(23)25)17-6-3-2-4-7-17/h2-4,6-7,9-12,14-15H,5,8,13,16H2,1H3. The van der Waals surface area contributed by atoms with Crippen LogP contribution >= 0.6 is 11.6 Å². The molecule has 0 fully saturated rings. The minimum absolute atomic E-state index is 0.155. The van der Waals surface area contributed by atoms with Gasteiger partial charge in [-0.05, 0) is 59.9 Å². The average molecular weight is 456 g/mol. The smallest absolute Gasteiger partial charge is 0.264 e. The highest BCUT2D eigenvalue weighted by Gasteiger charge is 2.24. The number of aryl methyl sites for hydroxylation is 1. The van der Waals surface area contributed by atoms with E-state index in [2.05, 4.69) is 0 Å². The summed E-state index contributed by atoms with van der Waals surface area (Å²) in [6.45, 7) is 0.408. The molecule has 0 N–H and O–H groups in total. The number of fused-ring (bicyclic) bond motifs is 1. The Balaban J connectivity index is 1.48. The molecule has 1 aliphatic rings. The summed E-state index contributed by atoms with van der Waals surface area (Å²) < 4.78 is 29.4. The molecule has 7 heteroatoms. The summed E-state index contributed by atoms with van der Waals surface area (Å²) in [5.74, 6) is 0.246. The van der Waals surface area contributed by atoms with Crippen molar-refractivity contribution in [3.05, 3.63) is 77.3 Å². The summed E-state index contributed by atoms with van der Waals surface area (Å²) in [5, 5.41) is 0.436. The highest BCUT2D eigenvalue weighted by molar-refractivity contribution is 7.90. The van der Waals surface area contributed by atoms with Gasteiger partial charge in [0.15, 0.2) is 16.4 Å². The van der Waals surface area contributed by atoms with Crippen LogP contribution in [0.25, 0.3) is 11.1 Å². The van der Waals surface area contributed by atoms with Crippen LogP contribution in [0, 0.1) is 0 Å². The molecule has 3 aromatic rings. The van der Waals surface area contributed by atoms with Crippen molar-refractivity contribution in [2.75, 3.05) is 24.3 Å². The Morgan fingerprint density at radius 2 is 1.81 bits per heavy atom. The number of hydrogen-bond acceptors (Lipinski definition) is 4. The molecular formula is C24H22ClNO4S. The molecule has 1 heterocycles. The Morgan fingerprint density at radius 1 is 1.03 bits per heavy atom. The monoisotopic (exact) mass is 455 g/mol. The van der Waals surface area contributed by atoms with Crippen LogP contribution in [0.5, 0.6) is 5.75 Å². The van der Waals surface area contributed by atoms with Crippen molar-refractivity contribution in [3.63, 3.8) is 0 Å². The maximum Gasteiger partial charge on any atom is 0.264 e. The molecule has 4 rings (SSSR count). The lowest BCUT2D eigenvalue weighted by atomic mass is 10.0. The number of amides is 1. The van der Waals surface area contributed by atoms with Crippen LogP contribution < -0.4 is 9.64 Å². The number of hydrogen-bond donors (Lipinski definition) is 0. The van der Waals surface area contributed by atoms with E-state index in [4.69, 9.17) is 16.3 Å². The van der Waals surface area contributed by atoms with E-state index >= 15 is 0 Å². The van der Waals surface area contributed by atoms with E-state index < -0.39 is 9.84 Å². The van der Waals surface area contributed by atoms with Crippen molar-refractivity contribution in [2.24, 2.45) is 0 Å². The molecule has 1 amide bonds. The maximum absolute atomic E-state index is 12.9. The average Bonchev–Trinajstić information content (AvgIpc) is 2.77. The Morgan fingerprint density at radius 3 is 2.52 bits per heavy atom. The topological polar surface area (TPSA) is 63.7 Å². The molecule has 0 aliphatic carbocycles. The highest BCUT2D eigenvalue weighted by Crippen LogP contribution is 2.32. The zero-order chi connectivity index (χ0) is 22.0. The van der Waals surface area contributed by atoms with E-state index in [0.717, 1.165) is 35.2 Å². The number of halogens is 1. The summed E-state index contributed by atoms with van der Waals surface area (Å²) >= 11 is 6.38. The van der Waals surface area contributed by atoms with Crippen LogP contribution in [0.4, 0.5) is 5.69 Å². The highest BCUT2D eigenvalue weighted by atomic mass is 35.5. The molecule has 0 spiro atoms. The quantitative estimate of drug-likeness (QED) is 0.556. The first-order valence-electron chi connectivity index (χ1n) is 9.94. The maximum atomic E-state index is 12.9. The van der Waals surface area contributed by atoms with Crippen LogP contribution in [0.2, 0.25) is 5.02 Å². The molecule has 0 bridgehead atoms. The second-order valence-corrected chi connectivity index (χ2v) is 9.93. The van der Waals surface area contributed by atoms with Crippen LogP contribution in [-0.2, 0) is 21.1 Å². The van der Waals surface area contributed by atoms with E-state index in [9.17, 15) is 13.2 Å². The molecule has 0 unspecified atom stereocenters. The number of anilines is 1. The summed E-state index contributed by atoms with van der Waals surface area (Å²) in [5.41, 5.74) is 3.60. The Hall–Kier alpha value is -2.83. The molecular weight excluding hydrogens is 434 g/mol. The van der Waals surface area contributed by atoms with E-state index in [-0.39, 0.29) is 17.4 Å². The summed E-state index contributed by atoms with van der Waals surface area (Å²) in [4.78, 5) is 14.8. The van der Waals surface area contributed by atoms with Gasteiger partial charge in [0.1, 0.15) is 5.75 Å². The number of nitrogens with zero attached hydrogens (tertiary/aromatic N) is 1. The van der Waals surface area contributed by atoms with Crippen LogP contribution in [0.1, 0.15) is 12.0 Å². The van der Waals surface area contributed by atoms with Gasteiger partial charge >= 0.3 is 0 Å². The number of ether oxygens (including phenoxy) is 1. The molecule has 0 aromatic heterocycles. The predicted octanol–water partition coefficient (Wildman–Crippen LogP) is 4.77.